The fraction of sp³-hybridized carbons (Fsp3) is 0.0110. The van der Waals surface area contributed by atoms with E-state index in [0.717, 1.165) is 22.9 Å². The monoisotopic (exact) mass is 1330 g/mol. The predicted octanol–water partition coefficient (Wildman–Crippen LogP) is 16.1. The smallest absolute Gasteiger partial charge is 0.269 e. The van der Waals surface area contributed by atoms with Gasteiger partial charge < -0.3 is 4.74 Å². The Morgan fingerprint density at radius 3 is 1.49 bits per heavy atom. The number of imidazole rings is 1. The van der Waals surface area contributed by atoms with Crippen molar-refractivity contribution in [3.63, 3.8) is 0 Å². The zero-order valence-electron chi connectivity index (χ0n) is 97.2. The minimum absolute atomic E-state index is 0.0284. The van der Waals surface area contributed by atoms with Crippen molar-refractivity contribution in [2.45, 2.75) is 6.85 Å². The average Bonchev–Trinajstić information content (AvgIpc) is 0.910. The van der Waals surface area contributed by atoms with E-state index in [1.54, 1.807) is 47.0 Å². The molecule has 98 heavy (non-hydrogen) atoms. The van der Waals surface area contributed by atoms with E-state index < -0.39 is 369 Å². The molecule has 17 aromatic rings. The summed E-state index contributed by atoms with van der Waals surface area (Å²) < 4.78 is 464. The molecule has 0 aliphatic rings. The number of pyridine rings is 1. The summed E-state index contributed by atoms with van der Waals surface area (Å²) in [5.41, 5.74) is -6.48. The Balaban J connectivity index is 1.09. The highest BCUT2D eigenvalue weighted by atomic mass is 28.3. The van der Waals surface area contributed by atoms with Gasteiger partial charge in [-0.25, -0.2) is 4.98 Å². The van der Waals surface area contributed by atoms with Gasteiger partial charge in [-0.1, -0.05) is 320 Å². The van der Waals surface area contributed by atoms with Crippen molar-refractivity contribution in [2.24, 2.45) is 0 Å². The van der Waals surface area contributed by atoms with Crippen LogP contribution in [0.25, 0.3) is 83.4 Å². The van der Waals surface area contributed by atoms with Crippen LogP contribution in [0.1, 0.15) is 70.0 Å². The number of para-hydroxylation sites is 3. The van der Waals surface area contributed by atoms with Crippen LogP contribution < -0.4 is 50.8 Å². The molecular formula is C91H66N4OSi2. The number of aryl methyl sites for hydroxylation is 1. The molecule has 0 atom stereocenters. The van der Waals surface area contributed by atoms with Gasteiger partial charge in [-0.15, -0.1) is 0 Å². The maximum Gasteiger partial charge on any atom is 0.269 e. The van der Waals surface area contributed by atoms with Crippen molar-refractivity contribution in [1.82, 2.24) is 14.1 Å². The fourth-order valence-electron chi connectivity index (χ4n) is 12.4. The molecule has 0 radical (unpaired) electrons. The Bertz CT molecular complexity index is 8110. The lowest BCUT2D eigenvalue weighted by atomic mass is 9.97. The molecule has 14 aromatic carbocycles. The first-order chi connectivity index (χ1) is 68.0. The molecule has 7 heteroatoms. The maximum atomic E-state index is 11.6. The summed E-state index contributed by atoms with van der Waals surface area (Å²) in [6.07, 6.45) is 4.28. The summed E-state index contributed by atoms with van der Waals surface area (Å²) in [5.74, 6) is -0.0885. The summed E-state index contributed by atoms with van der Waals surface area (Å²) in [5, 5.41) is -9.58. The van der Waals surface area contributed by atoms with Crippen molar-refractivity contribution in [3.8, 4) is 62.1 Å². The Labute approximate surface area is 639 Å². The first kappa shape index (κ1) is 27.8. The van der Waals surface area contributed by atoms with Crippen LogP contribution >= 0.6 is 0 Å². The van der Waals surface area contributed by atoms with Gasteiger partial charge in [-0.05, 0) is 130 Å². The van der Waals surface area contributed by atoms with Crippen molar-refractivity contribution >= 4 is 90.5 Å². The highest BCUT2D eigenvalue weighted by Gasteiger charge is 2.45. The van der Waals surface area contributed by atoms with E-state index in [9.17, 15) is 48.0 Å². The van der Waals surface area contributed by atoms with Crippen LogP contribution in [0.3, 0.4) is 0 Å². The summed E-state index contributed by atoms with van der Waals surface area (Å²) >= 11 is 0. The van der Waals surface area contributed by atoms with Gasteiger partial charge in [0.1, 0.15) is 17.3 Å². The van der Waals surface area contributed by atoms with Crippen molar-refractivity contribution in [3.05, 3.63) is 393 Å². The number of nitrogens with zero attached hydrogens (tertiary/aromatic N) is 4. The normalized spacial score (nSPS) is 18.6. The van der Waals surface area contributed by atoms with Crippen LogP contribution in [0.5, 0.6) is 11.5 Å². The van der Waals surface area contributed by atoms with E-state index >= 15 is 0 Å². The number of rotatable bonds is 16. The summed E-state index contributed by atoms with van der Waals surface area (Å²) in [7, 11) is -14.2. The van der Waals surface area contributed by atoms with Gasteiger partial charge in [0.2, 0.25) is 0 Å². The van der Waals surface area contributed by atoms with Crippen molar-refractivity contribution in [2.75, 3.05) is 0 Å². The SMILES string of the molecule is [2H]c1c([2H])c([2H])c(-c2cc(-c3c([2H])c([2H])c([2H])c([Si](c4c([2H])c([2H])c([2H])c([2H])c4[2H])(c4c([2H])c([2H])c([2H])c([2H])c4[2H])c4c([2H])c([2H])c([2H])c([2H])c4[2H])c3[2H])c(-[n+]3[c-]n(-c4cccc(Oc5ccc6c7ccccc7n(-c7cc(C([2H])([2H])[2H])c(-c8c([2H])c([2H])c([2H])c([2H])c8[2H])cn7)c6c5)c4)c4ccccc43)c([Si](c3c([2H])c([2H])c([2H])c([2H])c3[2H])(c3c([2H])c([2H])c([2H])c([2H])c3[2H])c3c([2H])c([2H])c([2H])c([2H])c3[2H])c2)c([2H])c1[2H]. The second kappa shape index (κ2) is 25.5. The molecule has 0 spiro atoms. The molecule has 0 aliphatic carbocycles. The molecule has 3 aromatic heterocycles. The van der Waals surface area contributed by atoms with E-state index in [-0.39, 0.29) is 39.6 Å². The zero-order valence-corrected chi connectivity index (χ0v) is 52.2. The van der Waals surface area contributed by atoms with Gasteiger partial charge in [0.15, 0.2) is 16.1 Å². The standard InChI is InChI=1S/C91H66N4OSi2/c1-66-58-90(92-64-84(66)68-34-12-3-13-35-68)95-85-53-27-26-52-81(85)82-57-56-73(63-88(82)95)96-72-38-31-37-71(62-72)93-65-94(87-55-29-28-54-86(87)93)91-83(69-36-30-51-80(59-69)97(74-39-14-4-15-40-74,75-41-16-5-17-42-75)76-43-18-6-19-44-76)60-70(67-32-10-2-11-33-67)61-89(91)98(77-45-20-7-21-46-77,78-47-22-8-23-48-78)79-49-24-9-25-50-79/h2-64H,1H3/i1D3,2D,3D,4D,5D,6D,7D,8D,9D,10D,11D,12D,13D,14D,15D,16D,17D,18D,19D,20D,21D,22D,23D,24D,25D,30D,32D,33D,34D,35D,36D,39D,40D,41D,42D,43D,44D,45D,46D,47D,48D,49D,50D,51D,59D. The second-order valence-electron chi connectivity index (χ2n) is 21.6. The van der Waals surface area contributed by atoms with E-state index in [4.69, 9.17) is 21.2 Å². The molecule has 0 saturated carbocycles. The van der Waals surface area contributed by atoms with Crippen LogP contribution in [-0.2, 0) is 0 Å². The molecule has 0 N–H and O–H groups in total. The topological polar surface area (TPSA) is 35.9 Å². The van der Waals surface area contributed by atoms with Gasteiger partial charge in [0.05, 0.1) is 93.8 Å². The minimum Gasteiger partial charge on any atom is -0.458 e. The van der Waals surface area contributed by atoms with Crippen LogP contribution in [0.4, 0.5) is 0 Å². The summed E-state index contributed by atoms with van der Waals surface area (Å²) in [4.78, 5) is 4.68. The second-order valence-corrected chi connectivity index (χ2v) is 28.7. The maximum absolute atomic E-state index is 11.6. The van der Waals surface area contributed by atoms with Gasteiger partial charge in [-0.3, -0.25) is 13.7 Å². The number of hydrogen-bond acceptors (Lipinski definition) is 2. The van der Waals surface area contributed by atoms with Crippen LogP contribution in [0, 0.1) is 13.2 Å². The van der Waals surface area contributed by atoms with E-state index in [2.05, 4.69) is 11.3 Å². The number of benzene rings is 14. The van der Waals surface area contributed by atoms with Gasteiger partial charge >= 0.3 is 0 Å². The summed E-state index contributed by atoms with van der Waals surface area (Å²) in [6.45, 7) is -3.03. The molecule has 0 aliphatic heterocycles. The zero-order chi connectivity index (χ0) is 106. The van der Waals surface area contributed by atoms with Crippen molar-refractivity contribution in [1.29, 1.82) is 0 Å². The third kappa shape index (κ3) is 10.3. The quantitative estimate of drug-likeness (QED) is 0.0418. The third-order valence-electron chi connectivity index (χ3n) is 16.5. The molecule has 0 fully saturated rings. The van der Waals surface area contributed by atoms with Crippen molar-refractivity contribution < 1.29 is 73.7 Å². The first-order valence-electron chi connectivity index (χ1n) is 53.1. The highest BCUT2D eigenvalue weighted by molar-refractivity contribution is 7.21. The lowest BCUT2D eigenvalue weighted by Gasteiger charge is -2.37. The highest BCUT2D eigenvalue weighted by Crippen LogP contribution is 2.38. The average molecular weight is 1340 g/mol. The lowest BCUT2D eigenvalue weighted by molar-refractivity contribution is -0.570. The minimum atomic E-state index is -7.13. The van der Waals surface area contributed by atoms with E-state index in [1.165, 1.54) is 59.2 Å². The molecule has 0 unspecified atom stereocenters. The van der Waals surface area contributed by atoms with E-state index in [0.29, 0.717) is 21.8 Å². The van der Waals surface area contributed by atoms with Gasteiger partial charge in [-0.2, -0.15) is 0 Å². The Morgan fingerprint density at radius 1 is 0.398 bits per heavy atom. The molecule has 0 bridgehead atoms. The van der Waals surface area contributed by atoms with Crippen LogP contribution in [0.15, 0.2) is 381 Å². The van der Waals surface area contributed by atoms with Gasteiger partial charge in [0.25, 0.3) is 6.33 Å². The first-order valence-corrected chi connectivity index (χ1v) is 33.6. The molecule has 0 saturated heterocycles. The lowest BCUT2D eigenvalue weighted by Crippen LogP contribution is -2.76. The Hall–Kier alpha value is -12.3. The molecule has 17 rings (SSSR count). The molecule has 3 heterocycles. The summed E-state index contributed by atoms with van der Waals surface area (Å²) in [6, 6.07) is -32.0. The number of aromatic nitrogens is 4. The number of fused-ring (bicyclic) bond motifs is 4. The third-order valence-corrected chi connectivity index (χ3v) is 24.6. The number of ether oxygens (including phenoxy) is 1. The largest absolute Gasteiger partial charge is 0.458 e. The van der Waals surface area contributed by atoms with Crippen LogP contribution in [-0.4, -0.2) is 30.3 Å². The molecule has 464 valence electrons. The predicted molar refractivity (Wildman–Crippen MR) is 411 cm³/mol. The molecule has 5 nitrogen and oxygen atoms in total. The Morgan fingerprint density at radius 2 is 0.898 bits per heavy atom. The Kier molecular flexibility index (Phi) is 7.23. The van der Waals surface area contributed by atoms with Crippen LogP contribution in [0.2, 0.25) is 0 Å². The fourth-order valence-corrected chi connectivity index (χ4v) is 20.0. The number of hydrogen-bond donors (Lipinski definition) is 0. The van der Waals surface area contributed by atoms with Gasteiger partial charge in [0, 0.05) is 32.7 Å². The molecule has 0 amide bonds. The molecular weight excluding hydrogens is 1220 g/mol. The van der Waals surface area contributed by atoms with E-state index in [1.807, 2.05) is 0 Å².